The maximum atomic E-state index is 14.6. The monoisotopic (exact) mass is 417 g/mol. The fourth-order valence-electron chi connectivity index (χ4n) is 3.01. The van der Waals surface area contributed by atoms with Crippen molar-refractivity contribution in [1.82, 2.24) is 15.0 Å². The number of halogens is 1. The van der Waals surface area contributed by atoms with E-state index < -0.39 is 15.8 Å². The van der Waals surface area contributed by atoms with Gasteiger partial charge in [-0.1, -0.05) is 13.0 Å². The maximum Gasteiger partial charge on any atom is 0.232 e. The molecule has 2 aromatic heterocycles. The van der Waals surface area contributed by atoms with Crippen molar-refractivity contribution in [3.05, 3.63) is 36.3 Å². The lowest BCUT2D eigenvalue weighted by molar-refractivity contribution is -0.117. The van der Waals surface area contributed by atoms with Gasteiger partial charge < -0.3 is 4.98 Å². The lowest BCUT2D eigenvalue weighted by Gasteiger charge is -2.11. The van der Waals surface area contributed by atoms with Gasteiger partial charge in [-0.2, -0.15) is 4.98 Å². The lowest BCUT2D eigenvalue weighted by Crippen LogP contribution is -2.17. The van der Waals surface area contributed by atoms with Crippen LogP contribution in [0.5, 0.6) is 0 Å². The molecule has 3 aromatic rings. The number of hydrogen-bond donors (Lipinski definition) is 3. The topological polar surface area (TPSA) is 117 Å². The van der Waals surface area contributed by atoms with Crippen molar-refractivity contribution in [2.45, 2.75) is 26.2 Å². The number of H-pyrrole nitrogens is 1. The molecule has 152 valence electrons. The van der Waals surface area contributed by atoms with Crippen LogP contribution in [0.3, 0.4) is 0 Å². The Hall–Kier alpha value is -3.01. The van der Waals surface area contributed by atoms with Crippen molar-refractivity contribution in [2.75, 3.05) is 15.8 Å². The molecule has 0 atom stereocenters. The first-order valence-electron chi connectivity index (χ1n) is 9.32. The molecule has 2 heterocycles. The van der Waals surface area contributed by atoms with E-state index in [1.54, 1.807) is 25.3 Å². The second kappa shape index (κ2) is 7.43. The number of nitrogens with one attached hydrogen (secondary N) is 3. The van der Waals surface area contributed by atoms with Gasteiger partial charge in [0.15, 0.2) is 0 Å². The molecule has 10 heteroatoms. The molecule has 8 nitrogen and oxygen atoms in total. The zero-order valence-electron chi connectivity index (χ0n) is 15.7. The van der Waals surface area contributed by atoms with Crippen LogP contribution in [-0.2, 0) is 14.8 Å². The minimum absolute atomic E-state index is 0.00531. The first kappa shape index (κ1) is 19.3. The quantitative estimate of drug-likeness (QED) is 0.545. The van der Waals surface area contributed by atoms with Gasteiger partial charge in [-0.15, -0.1) is 0 Å². The number of benzene rings is 1. The summed E-state index contributed by atoms with van der Waals surface area (Å²) < 4.78 is 40.7. The molecular formula is C19H20FN5O3S. The van der Waals surface area contributed by atoms with Crippen LogP contribution in [0.1, 0.15) is 26.2 Å². The van der Waals surface area contributed by atoms with Crippen molar-refractivity contribution < 1.29 is 17.6 Å². The number of aromatic amines is 1. The Labute approximate surface area is 167 Å². The number of aromatic nitrogens is 3. The number of rotatable bonds is 7. The molecule has 1 aliphatic carbocycles. The fourth-order valence-corrected chi connectivity index (χ4v) is 4.15. The van der Waals surface area contributed by atoms with Gasteiger partial charge in [-0.3, -0.25) is 14.8 Å². The Morgan fingerprint density at radius 2 is 2.07 bits per heavy atom. The van der Waals surface area contributed by atoms with Crippen molar-refractivity contribution in [3.8, 4) is 11.3 Å². The molecule has 0 spiro atoms. The summed E-state index contributed by atoms with van der Waals surface area (Å²) in [5, 5.41) is 3.36. The number of carbonyl (C=O) groups is 1. The highest BCUT2D eigenvalue weighted by Crippen LogP contribution is 2.32. The van der Waals surface area contributed by atoms with Crippen LogP contribution in [-0.4, -0.2) is 35.0 Å². The molecule has 0 saturated heterocycles. The number of anilines is 2. The predicted molar refractivity (Wildman–Crippen MR) is 108 cm³/mol. The Balaban J connectivity index is 1.69. The number of nitrogens with zero attached hydrogens (tertiary/aromatic N) is 2. The number of sulfonamides is 1. The molecule has 4 rings (SSSR count). The van der Waals surface area contributed by atoms with Crippen LogP contribution >= 0.6 is 0 Å². The van der Waals surface area contributed by atoms with Crippen LogP contribution in [0.25, 0.3) is 22.3 Å². The number of carbonyl (C=O) groups excluding carboxylic acids is 1. The van der Waals surface area contributed by atoms with E-state index in [9.17, 15) is 17.6 Å². The van der Waals surface area contributed by atoms with Crippen molar-refractivity contribution in [2.24, 2.45) is 5.92 Å². The predicted octanol–water partition coefficient (Wildman–Crippen LogP) is 3.26. The van der Waals surface area contributed by atoms with Crippen LogP contribution in [0.15, 0.2) is 30.5 Å². The highest BCUT2D eigenvalue weighted by atomic mass is 32.2. The summed E-state index contributed by atoms with van der Waals surface area (Å²) in [6, 6.07) is 5.91. The molecular weight excluding hydrogens is 397 g/mol. The molecule has 0 radical (unpaired) electrons. The minimum Gasteiger partial charge on any atom is -0.346 e. The van der Waals surface area contributed by atoms with Gasteiger partial charge in [-0.05, 0) is 37.5 Å². The molecule has 29 heavy (non-hydrogen) atoms. The van der Waals surface area contributed by atoms with E-state index >= 15 is 0 Å². The zero-order chi connectivity index (χ0) is 20.6. The molecule has 1 amide bonds. The largest absolute Gasteiger partial charge is 0.346 e. The van der Waals surface area contributed by atoms with Gasteiger partial charge in [0.25, 0.3) is 0 Å². The number of amides is 1. The third-order valence-corrected chi connectivity index (χ3v) is 6.06. The van der Waals surface area contributed by atoms with E-state index in [1.165, 1.54) is 12.1 Å². The smallest absolute Gasteiger partial charge is 0.232 e. The molecule has 0 bridgehead atoms. The van der Waals surface area contributed by atoms with Crippen LogP contribution in [0.4, 0.5) is 16.0 Å². The van der Waals surface area contributed by atoms with Crippen molar-refractivity contribution >= 4 is 38.6 Å². The highest BCUT2D eigenvalue weighted by molar-refractivity contribution is 7.92. The molecule has 3 N–H and O–H groups in total. The summed E-state index contributed by atoms with van der Waals surface area (Å²) in [4.78, 5) is 23.7. The third kappa shape index (κ3) is 4.21. The fraction of sp³-hybridized carbons (Fsp3) is 0.316. The molecule has 0 unspecified atom stereocenters. The summed E-state index contributed by atoms with van der Waals surface area (Å²) in [5.74, 6) is -0.801. The molecule has 1 aromatic carbocycles. The Morgan fingerprint density at radius 3 is 2.76 bits per heavy atom. The third-order valence-electron chi connectivity index (χ3n) is 4.58. The SMILES string of the molecule is CCCS(=O)(=O)Nc1ccc(-c2nc(NC(=O)C3CC3)nc3[nH]ccc23)cc1F. The number of hydrogen-bond acceptors (Lipinski definition) is 5. The molecule has 0 aliphatic heterocycles. The normalized spacial score (nSPS) is 14.1. The van der Waals surface area contributed by atoms with Crippen LogP contribution < -0.4 is 10.0 Å². The van der Waals surface area contributed by atoms with Crippen molar-refractivity contribution in [3.63, 3.8) is 0 Å². The Kier molecular flexibility index (Phi) is 4.95. The molecule has 1 aliphatic rings. The van der Waals surface area contributed by atoms with Gasteiger partial charge in [0, 0.05) is 23.1 Å². The van der Waals surface area contributed by atoms with Gasteiger partial charge in [0.1, 0.15) is 11.5 Å². The Bertz CT molecular complexity index is 1190. The van der Waals surface area contributed by atoms with E-state index in [4.69, 9.17) is 0 Å². The standard InChI is InChI=1S/C19H20FN5O3S/c1-2-9-29(27,28)25-15-6-5-12(10-14(15)20)16-13-7-8-21-17(13)23-19(22-16)24-18(26)11-3-4-11/h5-8,10-11,25H,2-4,9H2,1H3,(H2,21,22,23,24,26). The van der Waals surface area contributed by atoms with E-state index in [0.717, 1.165) is 12.8 Å². The summed E-state index contributed by atoms with van der Waals surface area (Å²) in [5.41, 5.74) is 1.26. The Morgan fingerprint density at radius 1 is 1.28 bits per heavy atom. The number of fused-ring (bicyclic) bond motifs is 1. The van der Waals surface area contributed by atoms with Crippen LogP contribution in [0.2, 0.25) is 0 Å². The van der Waals surface area contributed by atoms with Gasteiger partial charge in [0.2, 0.25) is 21.9 Å². The first-order valence-corrected chi connectivity index (χ1v) is 11.0. The zero-order valence-corrected chi connectivity index (χ0v) is 16.5. The average molecular weight is 417 g/mol. The molecule has 1 fully saturated rings. The van der Waals surface area contributed by atoms with Gasteiger partial charge in [0.05, 0.1) is 17.1 Å². The van der Waals surface area contributed by atoms with E-state index in [1.807, 2.05) is 0 Å². The van der Waals surface area contributed by atoms with Crippen molar-refractivity contribution in [1.29, 1.82) is 0 Å². The molecule has 1 saturated carbocycles. The summed E-state index contributed by atoms with van der Waals surface area (Å²) in [7, 11) is -3.60. The summed E-state index contributed by atoms with van der Waals surface area (Å²) in [6.45, 7) is 1.73. The van der Waals surface area contributed by atoms with Crippen LogP contribution in [0, 0.1) is 11.7 Å². The van der Waals surface area contributed by atoms with Gasteiger partial charge in [-0.25, -0.2) is 17.8 Å². The second-order valence-corrected chi connectivity index (χ2v) is 8.86. The van der Waals surface area contributed by atoms with Gasteiger partial charge >= 0.3 is 0 Å². The average Bonchev–Trinajstić information content (AvgIpc) is 3.41. The highest BCUT2D eigenvalue weighted by Gasteiger charge is 2.30. The lowest BCUT2D eigenvalue weighted by atomic mass is 10.1. The maximum absolute atomic E-state index is 14.6. The first-order chi connectivity index (χ1) is 13.9. The summed E-state index contributed by atoms with van der Waals surface area (Å²) >= 11 is 0. The van der Waals surface area contributed by atoms with E-state index in [2.05, 4.69) is 25.0 Å². The summed E-state index contributed by atoms with van der Waals surface area (Å²) in [6.07, 6.45) is 3.81. The van der Waals surface area contributed by atoms with E-state index in [0.29, 0.717) is 28.7 Å². The minimum atomic E-state index is -3.60. The second-order valence-electron chi connectivity index (χ2n) is 7.01. The van der Waals surface area contributed by atoms with E-state index in [-0.39, 0.29) is 29.2 Å².